The highest BCUT2D eigenvalue weighted by Crippen LogP contribution is 2.38. The third-order valence-corrected chi connectivity index (χ3v) is 4.66. The van der Waals surface area contributed by atoms with Crippen LogP contribution in [0.2, 0.25) is 0 Å². The summed E-state index contributed by atoms with van der Waals surface area (Å²) in [6.07, 6.45) is -3.16. The fourth-order valence-electron chi connectivity index (χ4n) is 3.22. The lowest BCUT2D eigenvalue weighted by Gasteiger charge is -2.30. The van der Waals surface area contributed by atoms with Crippen molar-refractivity contribution in [2.45, 2.75) is 44.9 Å². The Morgan fingerprint density at radius 1 is 1.00 bits per heavy atom. The minimum atomic E-state index is -4.09. The highest BCUT2D eigenvalue weighted by molar-refractivity contribution is 5.98. The van der Waals surface area contributed by atoms with Crippen LogP contribution in [-0.2, 0) is 0 Å². The highest BCUT2D eigenvalue weighted by Gasteiger charge is 2.41. The third-order valence-electron chi connectivity index (χ3n) is 4.66. The monoisotopic (exact) mass is 336 g/mol. The lowest BCUT2D eigenvalue weighted by Crippen LogP contribution is -2.31. The van der Waals surface area contributed by atoms with Crippen LogP contribution in [0.25, 0.3) is 10.8 Å². The number of carbonyl (C=O) groups excluding carboxylic acids is 1. The molecule has 24 heavy (non-hydrogen) atoms. The van der Waals surface area contributed by atoms with E-state index in [0.717, 1.165) is 10.8 Å². The van der Waals surface area contributed by atoms with Gasteiger partial charge in [0.05, 0.1) is 12.0 Å². The van der Waals surface area contributed by atoms with Crippen molar-refractivity contribution in [2.75, 3.05) is 0 Å². The van der Waals surface area contributed by atoms with Crippen molar-refractivity contribution < 1.29 is 22.7 Å². The topological polar surface area (TPSA) is 26.3 Å². The molecular formula is C19H19F3O2. The van der Waals surface area contributed by atoms with Gasteiger partial charge < -0.3 is 4.74 Å². The van der Waals surface area contributed by atoms with Crippen LogP contribution >= 0.6 is 0 Å². The van der Waals surface area contributed by atoms with Crippen LogP contribution in [0.5, 0.6) is 5.75 Å². The smallest absolute Gasteiger partial charge is 0.391 e. The number of fused-ring (bicyclic) bond motifs is 1. The molecule has 0 heterocycles. The van der Waals surface area contributed by atoms with Gasteiger partial charge >= 0.3 is 6.18 Å². The number of ketones is 1. The fraction of sp³-hybridized carbons (Fsp3) is 0.421. The summed E-state index contributed by atoms with van der Waals surface area (Å²) in [5.74, 6) is -0.522. The van der Waals surface area contributed by atoms with Crippen LogP contribution in [0.4, 0.5) is 13.2 Å². The summed E-state index contributed by atoms with van der Waals surface area (Å²) in [6, 6.07) is 11.0. The van der Waals surface area contributed by atoms with Gasteiger partial charge in [0.25, 0.3) is 0 Å². The number of rotatable bonds is 3. The molecule has 0 saturated heterocycles. The molecule has 3 rings (SSSR count). The van der Waals surface area contributed by atoms with Crippen molar-refractivity contribution in [2.24, 2.45) is 5.92 Å². The van der Waals surface area contributed by atoms with Gasteiger partial charge in [-0.05, 0) is 61.6 Å². The van der Waals surface area contributed by atoms with Gasteiger partial charge in [0.1, 0.15) is 5.75 Å². The second kappa shape index (κ2) is 6.46. The molecule has 1 aliphatic rings. The minimum Gasteiger partial charge on any atom is -0.490 e. The van der Waals surface area contributed by atoms with E-state index in [-0.39, 0.29) is 24.7 Å². The second-order valence-electron chi connectivity index (χ2n) is 6.41. The summed E-state index contributed by atoms with van der Waals surface area (Å²) in [4.78, 5) is 11.4. The van der Waals surface area contributed by atoms with Crippen molar-refractivity contribution in [3.05, 3.63) is 42.0 Å². The Labute approximate surface area is 138 Å². The molecule has 2 aromatic rings. The van der Waals surface area contributed by atoms with E-state index in [1.807, 2.05) is 30.3 Å². The molecule has 0 aromatic heterocycles. The van der Waals surface area contributed by atoms with E-state index in [2.05, 4.69) is 0 Å². The first kappa shape index (κ1) is 16.8. The van der Waals surface area contributed by atoms with E-state index in [4.69, 9.17) is 4.74 Å². The number of carbonyl (C=O) groups is 1. The van der Waals surface area contributed by atoms with E-state index in [1.165, 1.54) is 6.92 Å². The predicted molar refractivity (Wildman–Crippen MR) is 86.4 cm³/mol. The van der Waals surface area contributed by atoms with Gasteiger partial charge in [-0.15, -0.1) is 0 Å². The van der Waals surface area contributed by atoms with E-state index < -0.39 is 12.1 Å². The van der Waals surface area contributed by atoms with Crippen LogP contribution < -0.4 is 4.74 Å². The average molecular weight is 336 g/mol. The van der Waals surface area contributed by atoms with Crippen molar-refractivity contribution in [3.63, 3.8) is 0 Å². The Morgan fingerprint density at radius 3 is 2.25 bits per heavy atom. The predicted octanol–water partition coefficient (Wildman–Crippen LogP) is 5.54. The molecule has 5 heteroatoms. The summed E-state index contributed by atoms with van der Waals surface area (Å²) < 4.78 is 44.0. The zero-order valence-electron chi connectivity index (χ0n) is 13.4. The molecule has 0 N–H and O–H groups in total. The minimum absolute atomic E-state index is 0.0126. The molecule has 1 saturated carbocycles. The number of benzene rings is 2. The maximum Gasteiger partial charge on any atom is 0.391 e. The fourth-order valence-corrected chi connectivity index (χ4v) is 3.22. The Hall–Kier alpha value is -2.04. The van der Waals surface area contributed by atoms with Gasteiger partial charge in [-0.25, -0.2) is 0 Å². The first-order valence-electron chi connectivity index (χ1n) is 8.11. The number of Topliss-reactive ketones (excluding diaryl/α,β-unsaturated/α-hetero) is 1. The normalized spacial score (nSPS) is 21.7. The second-order valence-corrected chi connectivity index (χ2v) is 6.41. The first-order chi connectivity index (χ1) is 11.3. The Balaban J connectivity index is 1.68. The van der Waals surface area contributed by atoms with E-state index in [0.29, 0.717) is 24.2 Å². The summed E-state index contributed by atoms with van der Waals surface area (Å²) in [5.41, 5.74) is 0.654. The Bertz CT molecular complexity index is 744. The number of hydrogen-bond donors (Lipinski definition) is 0. The molecule has 2 nitrogen and oxygen atoms in total. The maximum atomic E-state index is 12.7. The molecule has 2 aromatic carbocycles. The van der Waals surface area contributed by atoms with Crippen molar-refractivity contribution >= 4 is 16.6 Å². The van der Waals surface area contributed by atoms with Crippen LogP contribution in [0.3, 0.4) is 0 Å². The number of halogens is 3. The van der Waals surface area contributed by atoms with E-state index >= 15 is 0 Å². The largest absolute Gasteiger partial charge is 0.490 e. The summed E-state index contributed by atoms with van der Waals surface area (Å²) in [5, 5.41) is 1.89. The lowest BCUT2D eigenvalue weighted by molar-refractivity contribution is -0.185. The van der Waals surface area contributed by atoms with Gasteiger partial charge in [0, 0.05) is 5.56 Å². The molecule has 1 fully saturated rings. The number of alkyl halides is 3. The van der Waals surface area contributed by atoms with Crippen LogP contribution in [-0.4, -0.2) is 18.1 Å². The Kier molecular flexibility index (Phi) is 4.52. The molecule has 0 bridgehead atoms. The van der Waals surface area contributed by atoms with Crippen molar-refractivity contribution in [1.29, 1.82) is 0 Å². The van der Waals surface area contributed by atoms with Gasteiger partial charge in [-0.2, -0.15) is 13.2 Å². The van der Waals surface area contributed by atoms with Gasteiger partial charge in [-0.1, -0.05) is 18.2 Å². The highest BCUT2D eigenvalue weighted by atomic mass is 19.4. The maximum absolute atomic E-state index is 12.7. The molecule has 0 spiro atoms. The lowest BCUT2D eigenvalue weighted by atomic mass is 9.87. The van der Waals surface area contributed by atoms with Gasteiger partial charge in [-0.3, -0.25) is 4.79 Å². The zero-order chi connectivity index (χ0) is 17.3. The molecule has 0 aliphatic heterocycles. The van der Waals surface area contributed by atoms with E-state index in [1.54, 1.807) is 6.07 Å². The molecule has 0 unspecified atom stereocenters. The molecule has 0 radical (unpaired) electrons. The molecule has 0 atom stereocenters. The number of ether oxygens (including phenoxy) is 1. The summed E-state index contributed by atoms with van der Waals surface area (Å²) in [7, 11) is 0. The van der Waals surface area contributed by atoms with Gasteiger partial charge in [0.2, 0.25) is 0 Å². The first-order valence-corrected chi connectivity index (χ1v) is 8.11. The molecule has 1 aliphatic carbocycles. The SMILES string of the molecule is CC(=O)c1ccc2cc(O[C@H]3CC[C@@H](C(F)(F)F)CC3)ccc2c1. The summed E-state index contributed by atoms with van der Waals surface area (Å²) in [6.45, 7) is 1.52. The Morgan fingerprint density at radius 2 is 1.62 bits per heavy atom. The summed E-state index contributed by atoms with van der Waals surface area (Å²) >= 11 is 0. The molecule has 0 amide bonds. The van der Waals surface area contributed by atoms with Crippen molar-refractivity contribution in [3.8, 4) is 5.75 Å². The van der Waals surface area contributed by atoms with Crippen molar-refractivity contribution in [1.82, 2.24) is 0 Å². The van der Waals surface area contributed by atoms with Crippen LogP contribution in [0.1, 0.15) is 43.0 Å². The number of hydrogen-bond acceptors (Lipinski definition) is 2. The zero-order valence-corrected chi connectivity index (χ0v) is 13.4. The third kappa shape index (κ3) is 3.71. The quantitative estimate of drug-likeness (QED) is 0.688. The van der Waals surface area contributed by atoms with E-state index in [9.17, 15) is 18.0 Å². The molecular weight excluding hydrogens is 317 g/mol. The van der Waals surface area contributed by atoms with Crippen LogP contribution in [0, 0.1) is 5.92 Å². The standard InChI is InChI=1S/C19H19F3O2/c1-12(23)13-2-3-15-11-18(7-4-14(15)10-13)24-17-8-5-16(6-9-17)19(20,21)22/h2-4,7,10-11,16-17H,5-6,8-9H2,1H3/t16-,17+. The van der Waals surface area contributed by atoms with Crippen LogP contribution in [0.15, 0.2) is 36.4 Å². The van der Waals surface area contributed by atoms with Gasteiger partial charge in [0.15, 0.2) is 5.78 Å². The average Bonchev–Trinajstić information content (AvgIpc) is 2.54. The molecule has 128 valence electrons.